The molecule has 1 aliphatic heterocycles. The number of nitrogens with zero attached hydrogens (tertiary/aromatic N) is 2. The maximum absolute atomic E-state index is 12.4. The zero-order valence-corrected chi connectivity index (χ0v) is 22.0. The Morgan fingerprint density at radius 2 is 1.97 bits per heavy atom. The van der Waals surface area contributed by atoms with E-state index in [4.69, 9.17) is 25.8 Å². The molecule has 0 aliphatic carbocycles. The lowest BCUT2D eigenvalue weighted by Gasteiger charge is -2.21. The molecule has 0 spiro atoms. The monoisotopic (exact) mass is 552 g/mol. The number of sulfonamides is 1. The summed E-state index contributed by atoms with van der Waals surface area (Å²) in [5.74, 6) is -0.0103. The first kappa shape index (κ1) is 28.2. The van der Waals surface area contributed by atoms with Crippen LogP contribution in [0.1, 0.15) is 18.4 Å². The summed E-state index contributed by atoms with van der Waals surface area (Å²) in [7, 11) is -2.34. The Labute approximate surface area is 220 Å². The van der Waals surface area contributed by atoms with Gasteiger partial charge in [-0.1, -0.05) is 11.6 Å². The van der Waals surface area contributed by atoms with Crippen LogP contribution in [-0.4, -0.2) is 72.2 Å². The predicted molar refractivity (Wildman–Crippen MR) is 140 cm³/mol. The second kappa shape index (κ2) is 13.3. The van der Waals surface area contributed by atoms with E-state index in [1.165, 1.54) is 31.5 Å². The van der Waals surface area contributed by atoms with Gasteiger partial charge in [0.25, 0.3) is 11.8 Å². The number of amides is 2. The summed E-state index contributed by atoms with van der Waals surface area (Å²) in [6.07, 6.45) is 4.40. The summed E-state index contributed by atoms with van der Waals surface area (Å²) in [5, 5.41) is 6.86. The van der Waals surface area contributed by atoms with Gasteiger partial charge in [0.2, 0.25) is 10.0 Å². The molecule has 2 N–H and O–H groups in total. The van der Waals surface area contributed by atoms with Gasteiger partial charge < -0.3 is 19.5 Å². The summed E-state index contributed by atoms with van der Waals surface area (Å²) < 4.78 is 41.4. The van der Waals surface area contributed by atoms with Crippen LogP contribution in [0.25, 0.3) is 0 Å². The number of methoxy groups -OCH3 is 1. The Hall–Kier alpha value is -3.35. The molecule has 2 aromatic rings. The number of carbonyl (C=O) groups excluding carboxylic acids is 2. The Bertz CT molecular complexity index is 1220. The fraction of sp³-hybridized carbons (Fsp3) is 0.375. The third-order valence-electron chi connectivity index (χ3n) is 5.31. The molecule has 200 valence electrons. The number of halogens is 1. The van der Waals surface area contributed by atoms with Gasteiger partial charge in [-0.15, -0.1) is 0 Å². The largest absolute Gasteiger partial charge is 0.495 e. The third-order valence-corrected chi connectivity index (χ3v) is 6.75. The van der Waals surface area contributed by atoms with Gasteiger partial charge in [0.15, 0.2) is 6.61 Å². The number of benzene rings is 2. The summed E-state index contributed by atoms with van der Waals surface area (Å²) in [6.45, 7) is 0.584. The van der Waals surface area contributed by atoms with Gasteiger partial charge in [-0.05, 0) is 60.9 Å². The highest BCUT2D eigenvalue weighted by molar-refractivity contribution is 7.92. The van der Waals surface area contributed by atoms with E-state index in [9.17, 15) is 18.0 Å². The van der Waals surface area contributed by atoms with Gasteiger partial charge >= 0.3 is 0 Å². The summed E-state index contributed by atoms with van der Waals surface area (Å²) in [6, 6.07) is 11.1. The number of hydrogen-bond donors (Lipinski definition) is 2. The lowest BCUT2D eigenvalue weighted by atomic mass is 10.2. The molecule has 1 heterocycles. The molecule has 37 heavy (non-hydrogen) atoms. The molecule has 1 fully saturated rings. The van der Waals surface area contributed by atoms with E-state index in [2.05, 4.69) is 15.8 Å². The molecular weight excluding hydrogens is 524 g/mol. The van der Waals surface area contributed by atoms with Crippen molar-refractivity contribution in [1.29, 1.82) is 0 Å². The second-order valence-electron chi connectivity index (χ2n) is 8.18. The molecule has 1 aliphatic rings. The van der Waals surface area contributed by atoms with Crippen LogP contribution in [-0.2, 0) is 24.3 Å². The van der Waals surface area contributed by atoms with Crippen molar-refractivity contribution in [3.63, 3.8) is 0 Å². The van der Waals surface area contributed by atoms with Crippen molar-refractivity contribution in [2.75, 3.05) is 44.0 Å². The SMILES string of the molecule is COc1ccc(N(CC(=O)N/N=C\c2ccc(OCC(=O)NC[C@H]3CCCO3)cc2)S(C)(=O)=O)cc1Cl. The van der Waals surface area contributed by atoms with Gasteiger partial charge in [-0.2, -0.15) is 5.10 Å². The fourth-order valence-corrected chi connectivity index (χ4v) is 4.54. The first-order valence-electron chi connectivity index (χ1n) is 11.4. The van der Waals surface area contributed by atoms with Crippen molar-refractivity contribution in [3.8, 4) is 11.5 Å². The van der Waals surface area contributed by atoms with Gasteiger partial charge in [0, 0.05) is 13.2 Å². The van der Waals surface area contributed by atoms with Crippen molar-refractivity contribution in [2.24, 2.45) is 5.10 Å². The van der Waals surface area contributed by atoms with E-state index in [1.807, 2.05) is 0 Å². The summed E-state index contributed by atoms with van der Waals surface area (Å²) in [5.41, 5.74) is 3.17. The zero-order valence-electron chi connectivity index (χ0n) is 20.5. The van der Waals surface area contributed by atoms with Crippen LogP contribution < -0.4 is 24.5 Å². The van der Waals surface area contributed by atoms with Crippen molar-refractivity contribution >= 4 is 45.3 Å². The molecule has 1 atom stereocenters. The van der Waals surface area contributed by atoms with Gasteiger partial charge in [0.1, 0.15) is 18.0 Å². The maximum Gasteiger partial charge on any atom is 0.260 e. The lowest BCUT2D eigenvalue weighted by Crippen LogP contribution is -2.39. The molecular formula is C24H29ClN4O7S. The lowest BCUT2D eigenvalue weighted by molar-refractivity contribution is -0.123. The van der Waals surface area contributed by atoms with Crippen LogP contribution in [0.4, 0.5) is 5.69 Å². The highest BCUT2D eigenvalue weighted by atomic mass is 35.5. The predicted octanol–water partition coefficient (Wildman–Crippen LogP) is 1.94. The molecule has 0 aromatic heterocycles. The summed E-state index contributed by atoms with van der Waals surface area (Å²) >= 11 is 6.09. The van der Waals surface area contributed by atoms with Crippen LogP contribution in [0.5, 0.6) is 11.5 Å². The minimum atomic E-state index is -3.78. The van der Waals surface area contributed by atoms with Crippen molar-refractivity contribution < 1.29 is 32.2 Å². The molecule has 2 amide bonds. The Morgan fingerprint density at radius 3 is 2.59 bits per heavy atom. The number of carbonyl (C=O) groups is 2. The molecule has 11 nitrogen and oxygen atoms in total. The van der Waals surface area contributed by atoms with E-state index in [-0.39, 0.29) is 29.3 Å². The molecule has 0 radical (unpaired) electrons. The Kier molecular flexibility index (Phi) is 10.1. The quantitative estimate of drug-likeness (QED) is 0.303. The number of ether oxygens (including phenoxy) is 3. The van der Waals surface area contributed by atoms with E-state index < -0.39 is 22.5 Å². The minimum Gasteiger partial charge on any atom is -0.495 e. The highest BCUT2D eigenvalue weighted by Crippen LogP contribution is 2.30. The topological polar surface area (TPSA) is 136 Å². The average Bonchev–Trinajstić information content (AvgIpc) is 3.38. The van der Waals surface area contributed by atoms with Gasteiger partial charge in [-0.3, -0.25) is 13.9 Å². The van der Waals surface area contributed by atoms with Crippen LogP contribution >= 0.6 is 11.6 Å². The average molecular weight is 553 g/mol. The zero-order chi connectivity index (χ0) is 26.8. The number of hydrazone groups is 1. The van der Waals surface area contributed by atoms with E-state index in [1.54, 1.807) is 24.3 Å². The number of rotatable bonds is 12. The normalized spacial score (nSPS) is 15.4. The van der Waals surface area contributed by atoms with Crippen LogP contribution in [0.15, 0.2) is 47.6 Å². The highest BCUT2D eigenvalue weighted by Gasteiger charge is 2.22. The van der Waals surface area contributed by atoms with Gasteiger partial charge in [0.05, 0.1) is 36.4 Å². The third kappa shape index (κ3) is 8.92. The number of hydrogen-bond acceptors (Lipinski definition) is 8. The first-order valence-corrected chi connectivity index (χ1v) is 13.6. The molecule has 3 rings (SSSR count). The maximum atomic E-state index is 12.4. The van der Waals surface area contributed by atoms with Crippen molar-refractivity contribution in [3.05, 3.63) is 53.1 Å². The molecule has 0 unspecified atom stereocenters. The number of anilines is 1. The molecule has 2 aromatic carbocycles. The van der Waals surface area contributed by atoms with Crippen LogP contribution in [0.3, 0.4) is 0 Å². The Morgan fingerprint density at radius 1 is 1.22 bits per heavy atom. The van der Waals surface area contributed by atoms with E-state index >= 15 is 0 Å². The molecule has 13 heteroatoms. The van der Waals surface area contributed by atoms with E-state index in [0.29, 0.717) is 23.6 Å². The minimum absolute atomic E-state index is 0.0680. The molecule has 0 bridgehead atoms. The number of nitrogens with one attached hydrogen (secondary N) is 2. The van der Waals surface area contributed by atoms with Gasteiger partial charge in [-0.25, -0.2) is 13.8 Å². The Balaban J connectivity index is 1.48. The standard InChI is InChI=1S/C24H29ClN4O7S/c1-34-22-10-7-18(12-21(22)25)29(37(2,32)33)15-23(30)28-27-13-17-5-8-19(9-6-17)36-16-24(31)26-14-20-4-3-11-35-20/h5-10,12-13,20H,3-4,11,14-16H2,1-2H3,(H,26,31)(H,28,30)/b27-13-/t20-/m1/s1. The smallest absolute Gasteiger partial charge is 0.260 e. The fourth-order valence-electron chi connectivity index (χ4n) is 3.44. The first-order chi connectivity index (χ1) is 17.7. The van der Waals surface area contributed by atoms with Crippen LogP contribution in [0, 0.1) is 0 Å². The molecule has 1 saturated heterocycles. The second-order valence-corrected chi connectivity index (χ2v) is 10.5. The van der Waals surface area contributed by atoms with Crippen molar-refractivity contribution in [1.82, 2.24) is 10.7 Å². The van der Waals surface area contributed by atoms with Crippen molar-refractivity contribution in [2.45, 2.75) is 18.9 Å². The van der Waals surface area contributed by atoms with E-state index in [0.717, 1.165) is 30.0 Å². The summed E-state index contributed by atoms with van der Waals surface area (Å²) in [4.78, 5) is 24.3. The molecule has 0 saturated carbocycles. The van der Waals surface area contributed by atoms with Crippen LogP contribution in [0.2, 0.25) is 5.02 Å².